The van der Waals surface area contributed by atoms with E-state index in [4.69, 9.17) is 16.0 Å². The minimum absolute atomic E-state index is 0.698. The van der Waals surface area contributed by atoms with Gasteiger partial charge in [0.05, 0.1) is 17.8 Å². The fourth-order valence-electron chi connectivity index (χ4n) is 1.98. The molecule has 0 fully saturated rings. The van der Waals surface area contributed by atoms with Gasteiger partial charge in [-0.05, 0) is 37.2 Å². The molecule has 0 spiro atoms. The topological polar surface area (TPSA) is 41.3 Å². The van der Waals surface area contributed by atoms with Gasteiger partial charge in [0.15, 0.2) is 0 Å². The smallest absolute Gasteiger partial charge is 0.129 e. The van der Waals surface area contributed by atoms with Crippen LogP contribution in [-0.4, -0.2) is 18.1 Å². The van der Waals surface area contributed by atoms with Crippen LogP contribution in [0.1, 0.15) is 25.2 Å². The van der Waals surface area contributed by atoms with Gasteiger partial charge in [-0.25, -0.2) is 4.98 Å². The molecule has 0 aliphatic rings. The third-order valence-electron chi connectivity index (χ3n) is 3.12. The lowest BCUT2D eigenvalue weighted by Gasteiger charge is -2.21. The number of pyridine rings is 1. The molecule has 0 aliphatic carbocycles. The maximum Gasteiger partial charge on any atom is 0.129 e. The van der Waals surface area contributed by atoms with Crippen molar-refractivity contribution in [2.24, 2.45) is 0 Å². The summed E-state index contributed by atoms with van der Waals surface area (Å²) in [5.74, 6) is 1.85. The van der Waals surface area contributed by atoms with Crippen molar-refractivity contribution in [1.29, 1.82) is 0 Å². The minimum Gasteiger partial charge on any atom is -0.467 e. The fraction of sp³-hybridized carbons (Fsp3) is 0.400. The van der Waals surface area contributed by atoms with Gasteiger partial charge in [0, 0.05) is 19.3 Å². The van der Waals surface area contributed by atoms with Gasteiger partial charge in [0.1, 0.15) is 11.6 Å². The largest absolute Gasteiger partial charge is 0.467 e. The molecule has 2 heterocycles. The van der Waals surface area contributed by atoms with Crippen LogP contribution in [-0.2, 0) is 13.1 Å². The molecule has 0 atom stereocenters. The predicted molar refractivity (Wildman–Crippen MR) is 82.1 cm³/mol. The van der Waals surface area contributed by atoms with E-state index in [1.807, 2.05) is 18.2 Å². The van der Waals surface area contributed by atoms with Gasteiger partial charge in [-0.1, -0.05) is 18.5 Å². The number of furan rings is 1. The van der Waals surface area contributed by atoms with E-state index in [0.29, 0.717) is 11.6 Å². The van der Waals surface area contributed by atoms with Crippen LogP contribution >= 0.6 is 11.6 Å². The number of hydrogen-bond donors (Lipinski definition) is 1. The van der Waals surface area contributed by atoms with Crippen molar-refractivity contribution < 1.29 is 4.42 Å². The average molecular weight is 294 g/mol. The molecule has 0 radical (unpaired) electrons. The second-order valence-electron chi connectivity index (χ2n) is 4.51. The van der Waals surface area contributed by atoms with Crippen LogP contribution in [0.4, 0.5) is 5.82 Å². The van der Waals surface area contributed by atoms with Crippen molar-refractivity contribution in [2.45, 2.75) is 26.9 Å². The molecule has 4 nitrogen and oxygen atoms in total. The Bertz CT molecular complexity index is 528. The summed E-state index contributed by atoms with van der Waals surface area (Å²) in [5, 5.41) is 3.98. The molecule has 20 heavy (non-hydrogen) atoms. The Morgan fingerprint density at radius 1 is 1.40 bits per heavy atom. The van der Waals surface area contributed by atoms with E-state index < -0.39 is 0 Å². The van der Waals surface area contributed by atoms with E-state index in [1.165, 1.54) is 0 Å². The molecule has 0 bridgehead atoms. The molecule has 0 amide bonds. The maximum absolute atomic E-state index is 6.18. The number of rotatable bonds is 7. The summed E-state index contributed by atoms with van der Waals surface area (Å²) >= 11 is 6.18. The molecule has 0 aromatic carbocycles. The lowest BCUT2D eigenvalue weighted by Crippen LogP contribution is -2.23. The quantitative estimate of drug-likeness (QED) is 0.849. The Hall–Kier alpha value is -1.52. The van der Waals surface area contributed by atoms with Crippen LogP contribution in [0.3, 0.4) is 0 Å². The SMILES string of the molecule is CCNCc1cc(N(CC)Cc2ccco2)ncc1Cl. The zero-order chi connectivity index (χ0) is 14.4. The number of nitrogens with zero attached hydrogens (tertiary/aromatic N) is 2. The predicted octanol–water partition coefficient (Wildman–Crippen LogP) is 3.46. The number of anilines is 1. The van der Waals surface area contributed by atoms with Gasteiger partial charge in [0.2, 0.25) is 0 Å². The fourth-order valence-corrected chi connectivity index (χ4v) is 2.15. The van der Waals surface area contributed by atoms with Crippen LogP contribution in [0.5, 0.6) is 0 Å². The lowest BCUT2D eigenvalue weighted by atomic mass is 10.2. The molecule has 108 valence electrons. The first-order chi connectivity index (χ1) is 9.74. The summed E-state index contributed by atoms with van der Waals surface area (Å²) < 4.78 is 5.40. The molecule has 0 unspecified atom stereocenters. The number of halogens is 1. The Kier molecular flexibility index (Phi) is 5.44. The third-order valence-corrected chi connectivity index (χ3v) is 3.46. The van der Waals surface area contributed by atoms with Crippen molar-refractivity contribution in [1.82, 2.24) is 10.3 Å². The Morgan fingerprint density at radius 3 is 2.90 bits per heavy atom. The van der Waals surface area contributed by atoms with Crippen LogP contribution < -0.4 is 10.2 Å². The molecule has 2 aromatic rings. The van der Waals surface area contributed by atoms with Crippen LogP contribution in [0.15, 0.2) is 35.1 Å². The number of aromatic nitrogens is 1. The average Bonchev–Trinajstić information content (AvgIpc) is 2.97. The van der Waals surface area contributed by atoms with E-state index in [1.54, 1.807) is 12.5 Å². The maximum atomic E-state index is 6.18. The summed E-state index contributed by atoms with van der Waals surface area (Å²) in [6.45, 7) is 7.41. The highest BCUT2D eigenvalue weighted by molar-refractivity contribution is 6.31. The first-order valence-electron chi connectivity index (χ1n) is 6.87. The van der Waals surface area contributed by atoms with Crippen molar-refractivity contribution in [3.8, 4) is 0 Å². The van der Waals surface area contributed by atoms with Crippen LogP contribution in [0.2, 0.25) is 5.02 Å². The Balaban J connectivity index is 2.16. The summed E-state index contributed by atoms with van der Waals surface area (Å²) in [4.78, 5) is 6.58. The molecule has 5 heteroatoms. The first-order valence-corrected chi connectivity index (χ1v) is 7.24. The molecule has 0 saturated heterocycles. The molecule has 2 aromatic heterocycles. The van der Waals surface area contributed by atoms with Gasteiger partial charge >= 0.3 is 0 Å². The van der Waals surface area contributed by atoms with Gasteiger partial charge in [-0.2, -0.15) is 0 Å². The zero-order valence-electron chi connectivity index (χ0n) is 11.9. The molecular weight excluding hydrogens is 274 g/mol. The summed E-state index contributed by atoms with van der Waals surface area (Å²) in [6, 6.07) is 5.91. The Labute approximate surface area is 124 Å². The van der Waals surface area contributed by atoms with Crippen molar-refractivity contribution in [3.63, 3.8) is 0 Å². The lowest BCUT2D eigenvalue weighted by molar-refractivity contribution is 0.503. The number of nitrogens with one attached hydrogen (secondary N) is 1. The summed E-state index contributed by atoms with van der Waals surface area (Å²) in [5.41, 5.74) is 1.07. The highest BCUT2D eigenvalue weighted by Gasteiger charge is 2.11. The van der Waals surface area contributed by atoms with Crippen LogP contribution in [0.25, 0.3) is 0 Å². The first kappa shape index (κ1) is 14.9. The van der Waals surface area contributed by atoms with Gasteiger partial charge in [-0.15, -0.1) is 0 Å². The standard InChI is InChI=1S/C15H20ClN3O/c1-3-17-9-12-8-15(18-10-14(12)16)19(4-2)11-13-6-5-7-20-13/h5-8,10,17H,3-4,9,11H2,1-2H3. The van der Waals surface area contributed by atoms with Gasteiger partial charge < -0.3 is 14.6 Å². The molecule has 2 rings (SSSR count). The van der Waals surface area contributed by atoms with Crippen molar-refractivity contribution >= 4 is 17.4 Å². The van der Waals surface area contributed by atoms with Crippen molar-refractivity contribution in [2.75, 3.05) is 18.0 Å². The molecule has 1 N–H and O–H groups in total. The summed E-state index contributed by atoms with van der Waals surface area (Å²) in [7, 11) is 0. The van der Waals surface area contributed by atoms with E-state index in [0.717, 1.165) is 36.8 Å². The van der Waals surface area contributed by atoms with E-state index in [9.17, 15) is 0 Å². The number of hydrogen-bond acceptors (Lipinski definition) is 4. The molecular formula is C15H20ClN3O. The van der Waals surface area contributed by atoms with Crippen LogP contribution in [0, 0.1) is 0 Å². The zero-order valence-corrected chi connectivity index (χ0v) is 12.7. The van der Waals surface area contributed by atoms with E-state index in [2.05, 4.69) is 29.0 Å². The highest BCUT2D eigenvalue weighted by atomic mass is 35.5. The molecule has 0 saturated carbocycles. The monoisotopic (exact) mass is 293 g/mol. The van der Waals surface area contributed by atoms with E-state index >= 15 is 0 Å². The minimum atomic E-state index is 0.698. The van der Waals surface area contributed by atoms with Gasteiger partial charge in [0.25, 0.3) is 0 Å². The van der Waals surface area contributed by atoms with Crippen molar-refractivity contribution in [3.05, 3.63) is 47.0 Å². The second kappa shape index (κ2) is 7.31. The molecule has 0 aliphatic heterocycles. The van der Waals surface area contributed by atoms with Gasteiger partial charge in [-0.3, -0.25) is 0 Å². The highest BCUT2D eigenvalue weighted by Crippen LogP contribution is 2.21. The second-order valence-corrected chi connectivity index (χ2v) is 4.91. The normalized spacial score (nSPS) is 10.8. The van der Waals surface area contributed by atoms with E-state index in [-0.39, 0.29) is 0 Å². The summed E-state index contributed by atoms with van der Waals surface area (Å²) in [6.07, 6.45) is 3.41. The Morgan fingerprint density at radius 2 is 2.25 bits per heavy atom. The third kappa shape index (κ3) is 3.74.